The standard InChI is InChI=1S/C18H18ClNO3/c1-11-10-15-13(18(22)23)7-4-5-9-20(15)16(11)17(21)12-6-2-3-8-14(12)19/h2-3,6,8,10,13H,4-5,7,9H2,1H3,(H,22,23). The molecule has 120 valence electrons. The predicted octanol–water partition coefficient (Wildman–Crippen LogP) is 4.03. The molecule has 23 heavy (non-hydrogen) atoms. The van der Waals surface area contributed by atoms with Crippen LogP contribution in [0.25, 0.3) is 0 Å². The monoisotopic (exact) mass is 331 g/mol. The fourth-order valence-corrected chi connectivity index (χ4v) is 3.55. The van der Waals surface area contributed by atoms with Crippen molar-refractivity contribution in [2.75, 3.05) is 0 Å². The number of aliphatic carboxylic acids is 1. The van der Waals surface area contributed by atoms with Crippen molar-refractivity contribution in [3.63, 3.8) is 0 Å². The zero-order valence-corrected chi connectivity index (χ0v) is 13.6. The molecule has 1 aliphatic heterocycles. The number of fused-ring (bicyclic) bond motifs is 1. The fraction of sp³-hybridized carbons (Fsp3) is 0.333. The molecule has 3 rings (SSSR count). The van der Waals surface area contributed by atoms with Crippen LogP contribution in [0.5, 0.6) is 0 Å². The zero-order valence-electron chi connectivity index (χ0n) is 12.9. The Kier molecular flexibility index (Phi) is 4.26. The van der Waals surface area contributed by atoms with Crippen molar-refractivity contribution in [2.24, 2.45) is 0 Å². The smallest absolute Gasteiger partial charge is 0.312 e. The third-order valence-electron chi connectivity index (χ3n) is 4.43. The lowest BCUT2D eigenvalue weighted by Gasteiger charge is -2.14. The summed E-state index contributed by atoms with van der Waals surface area (Å²) in [4.78, 5) is 24.5. The number of halogens is 1. The van der Waals surface area contributed by atoms with Crippen LogP contribution in [-0.4, -0.2) is 21.4 Å². The van der Waals surface area contributed by atoms with E-state index in [1.807, 2.05) is 17.6 Å². The molecule has 1 unspecified atom stereocenters. The lowest BCUT2D eigenvalue weighted by Crippen LogP contribution is -2.17. The number of aromatic nitrogens is 1. The number of benzene rings is 1. The summed E-state index contributed by atoms with van der Waals surface area (Å²) >= 11 is 6.16. The van der Waals surface area contributed by atoms with Gasteiger partial charge in [-0.2, -0.15) is 0 Å². The normalized spacial score (nSPS) is 17.4. The number of hydrogen-bond acceptors (Lipinski definition) is 2. The van der Waals surface area contributed by atoms with Gasteiger partial charge in [0.15, 0.2) is 0 Å². The molecule has 1 N–H and O–H groups in total. The van der Waals surface area contributed by atoms with Crippen LogP contribution in [0.4, 0.5) is 0 Å². The fourth-order valence-electron chi connectivity index (χ4n) is 3.33. The van der Waals surface area contributed by atoms with Gasteiger partial charge in [0, 0.05) is 17.8 Å². The first-order valence-electron chi connectivity index (χ1n) is 7.72. The van der Waals surface area contributed by atoms with E-state index in [4.69, 9.17) is 11.6 Å². The summed E-state index contributed by atoms with van der Waals surface area (Å²) < 4.78 is 1.88. The van der Waals surface area contributed by atoms with Crippen LogP contribution in [0.3, 0.4) is 0 Å². The van der Waals surface area contributed by atoms with Crippen LogP contribution in [-0.2, 0) is 11.3 Å². The lowest BCUT2D eigenvalue weighted by atomic mass is 9.99. The maximum Gasteiger partial charge on any atom is 0.312 e. The van der Waals surface area contributed by atoms with Gasteiger partial charge in [0.2, 0.25) is 5.78 Å². The van der Waals surface area contributed by atoms with Crippen molar-refractivity contribution >= 4 is 23.4 Å². The van der Waals surface area contributed by atoms with Gasteiger partial charge in [0.1, 0.15) is 0 Å². The molecule has 2 aromatic rings. The molecule has 0 bridgehead atoms. The molecule has 0 saturated carbocycles. The molecule has 4 nitrogen and oxygen atoms in total. The first-order chi connectivity index (χ1) is 11.0. The van der Waals surface area contributed by atoms with Crippen molar-refractivity contribution in [1.82, 2.24) is 4.57 Å². The van der Waals surface area contributed by atoms with Crippen molar-refractivity contribution in [1.29, 1.82) is 0 Å². The number of carboxylic acids is 1. The highest BCUT2D eigenvalue weighted by atomic mass is 35.5. The van der Waals surface area contributed by atoms with Crippen LogP contribution in [0.15, 0.2) is 30.3 Å². The Morgan fingerprint density at radius 1 is 1.26 bits per heavy atom. The predicted molar refractivity (Wildman–Crippen MR) is 88.3 cm³/mol. The third-order valence-corrected chi connectivity index (χ3v) is 4.76. The summed E-state index contributed by atoms with van der Waals surface area (Å²) in [5, 5.41) is 9.90. The lowest BCUT2D eigenvalue weighted by molar-refractivity contribution is -0.139. The van der Waals surface area contributed by atoms with E-state index < -0.39 is 11.9 Å². The first kappa shape index (κ1) is 15.8. The van der Waals surface area contributed by atoms with E-state index in [0.717, 1.165) is 24.1 Å². The SMILES string of the molecule is Cc1cc2n(c1C(=O)c1ccccc1Cl)CCCCC2C(=O)O. The van der Waals surface area contributed by atoms with Gasteiger partial charge in [-0.15, -0.1) is 0 Å². The number of aryl methyl sites for hydroxylation is 1. The average molecular weight is 332 g/mol. The summed E-state index contributed by atoms with van der Waals surface area (Å²) in [5.41, 5.74) is 2.54. The maximum atomic E-state index is 13.0. The van der Waals surface area contributed by atoms with E-state index in [9.17, 15) is 14.7 Å². The number of ketones is 1. The Morgan fingerprint density at radius 2 is 2.00 bits per heavy atom. The van der Waals surface area contributed by atoms with Crippen LogP contribution in [0.2, 0.25) is 5.02 Å². The summed E-state index contributed by atoms with van der Waals surface area (Å²) in [6.07, 6.45) is 2.32. The quantitative estimate of drug-likeness (QED) is 0.864. The Hall–Kier alpha value is -2.07. The zero-order chi connectivity index (χ0) is 16.6. The number of hydrogen-bond donors (Lipinski definition) is 1. The third kappa shape index (κ3) is 2.79. The summed E-state index contributed by atoms with van der Waals surface area (Å²) in [6.45, 7) is 2.52. The first-order valence-corrected chi connectivity index (χ1v) is 8.10. The van der Waals surface area contributed by atoms with Gasteiger partial charge in [-0.1, -0.05) is 30.2 Å². The Balaban J connectivity index is 2.13. The van der Waals surface area contributed by atoms with Crippen molar-refractivity contribution in [3.8, 4) is 0 Å². The second-order valence-electron chi connectivity index (χ2n) is 5.95. The molecule has 1 aliphatic rings. The van der Waals surface area contributed by atoms with Gasteiger partial charge < -0.3 is 9.67 Å². The number of rotatable bonds is 3. The highest BCUT2D eigenvalue weighted by Gasteiger charge is 2.30. The second-order valence-corrected chi connectivity index (χ2v) is 6.36. The van der Waals surface area contributed by atoms with Crippen LogP contribution in [0, 0.1) is 6.92 Å². The summed E-state index contributed by atoms with van der Waals surface area (Å²) in [5.74, 6) is -1.53. The highest BCUT2D eigenvalue weighted by molar-refractivity contribution is 6.34. The van der Waals surface area contributed by atoms with Crippen molar-refractivity contribution < 1.29 is 14.7 Å². The largest absolute Gasteiger partial charge is 0.481 e. The molecule has 0 spiro atoms. The number of carboxylic acid groups (broad SMARTS) is 1. The number of carbonyl (C=O) groups is 2. The number of nitrogens with zero attached hydrogens (tertiary/aromatic N) is 1. The molecule has 1 aromatic heterocycles. The maximum absolute atomic E-state index is 13.0. The summed E-state index contributed by atoms with van der Waals surface area (Å²) in [7, 11) is 0. The minimum atomic E-state index is -0.831. The van der Waals surface area contributed by atoms with Crippen LogP contribution >= 0.6 is 11.6 Å². The minimum absolute atomic E-state index is 0.148. The van der Waals surface area contributed by atoms with Crippen molar-refractivity contribution in [2.45, 2.75) is 38.6 Å². The molecule has 0 saturated heterocycles. The average Bonchev–Trinajstić information content (AvgIpc) is 2.69. The summed E-state index contributed by atoms with van der Waals surface area (Å²) in [6, 6.07) is 8.80. The van der Waals surface area contributed by atoms with Gasteiger partial charge in [-0.25, -0.2) is 0 Å². The Bertz CT molecular complexity index is 779. The molecule has 0 aliphatic carbocycles. The minimum Gasteiger partial charge on any atom is -0.481 e. The van der Waals surface area contributed by atoms with Gasteiger partial charge in [-0.05, 0) is 43.5 Å². The molecular weight excluding hydrogens is 314 g/mol. The molecule has 2 heterocycles. The van der Waals surface area contributed by atoms with E-state index >= 15 is 0 Å². The van der Waals surface area contributed by atoms with Crippen molar-refractivity contribution in [3.05, 3.63) is 57.9 Å². The molecular formula is C18H18ClNO3. The molecule has 0 radical (unpaired) electrons. The Labute approximate surface area is 139 Å². The van der Waals surface area contributed by atoms with E-state index in [-0.39, 0.29) is 5.78 Å². The van der Waals surface area contributed by atoms with Crippen LogP contribution in [0.1, 0.15) is 52.5 Å². The van der Waals surface area contributed by atoms with Gasteiger partial charge in [-0.3, -0.25) is 9.59 Å². The van der Waals surface area contributed by atoms with Gasteiger partial charge >= 0.3 is 5.97 Å². The molecule has 1 atom stereocenters. The van der Waals surface area contributed by atoms with E-state index in [1.165, 1.54) is 0 Å². The van der Waals surface area contributed by atoms with Gasteiger partial charge in [0.05, 0.1) is 16.6 Å². The number of carbonyl (C=O) groups excluding carboxylic acids is 1. The van der Waals surface area contributed by atoms with E-state index in [1.54, 1.807) is 24.3 Å². The van der Waals surface area contributed by atoms with Gasteiger partial charge in [0.25, 0.3) is 0 Å². The molecule has 5 heteroatoms. The van der Waals surface area contributed by atoms with Crippen LogP contribution < -0.4 is 0 Å². The topological polar surface area (TPSA) is 59.3 Å². The molecule has 0 amide bonds. The van der Waals surface area contributed by atoms with E-state index in [2.05, 4.69) is 0 Å². The second kappa shape index (κ2) is 6.20. The molecule has 1 aromatic carbocycles. The van der Waals surface area contributed by atoms with E-state index in [0.29, 0.717) is 29.2 Å². The highest BCUT2D eigenvalue weighted by Crippen LogP contribution is 2.32. The Morgan fingerprint density at radius 3 is 2.70 bits per heavy atom. The molecule has 0 fully saturated rings.